The first-order chi connectivity index (χ1) is 8.59. The maximum absolute atomic E-state index is 12.0. The van der Waals surface area contributed by atoms with Crippen molar-refractivity contribution >= 4 is 17.5 Å². The van der Waals surface area contributed by atoms with E-state index in [-0.39, 0.29) is 18.4 Å². The summed E-state index contributed by atoms with van der Waals surface area (Å²) in [5, 5.41) is 2.62. The van der Waals surface area contributed by atoms with Crippen LogP contribution in [0.25, 0.3) is 0 Å². The maximum atomic E-state index is 12.0. The van der Waals surface area contributed by atoms with Gasteiger partial charge in [0, 0.05) is 6.54 Å². The average Bonchev–Trinajstić information content (AvgIpc) is 2.47. The second-order valence-electron chi connectivity index (χ2n) is 4.49. The van der Waals surface area contributed by atoms with Crippen molar-refractivity contribution in [2.45, 2.75) is 13.8 Å². The molecule has 4 heteroatoms. The molecule has 0 atom stereocenters. The quantitative estimate of drug-likeness (QED) is 0.805. The van der Waals surface area contributed by atoms with Crippen LogP contribution in [0.1, 0.15) is 24.2 Å². The van der Waals surface area contributed by atoms with Crippen molar-refractivity contribution in [1.82, 2.24) is 5.32 Å². The number of nitrogens with one attached hydrogen (secondary N) is 1. The Labute approximate surface area is 106 Å². The number of fused-ring (bicyclic) bond motifs is 1. The number of para-hydroxylation sites is 1. The molecule has 0 fully saturated rings. The Kier molecular flexibility index (Phi) is 3.46. The van der Waals surface area contributed by atoms with E-state index >= 15 is 0 Å². The van der Waals surface area contributed by atoms with Crippen LogP contribution in [0.15, 0.2) is 35.9 Å². The highest BCUT2D eigenvalue weighted by Crippen LogP contribution is 2.22. The van der Waals surface area contributed by atoms with Gasteiger partial charge in [-0.15, -0.1) is 0 Å². The summed E-state index contributed by atoms with van der Waals surface area (Å²) in [5.41, 5.74) is 2.37. The Hall–Kier alpha value is -2.10. The monoisotopic (exact) mass is 244 g/mol. The number of allylic oxidation sites excluding steroid dienone is 1. The first-order valence-electron chi connectivity index (χ1n) is 5.90. The highest BCUT2D eigenvalue weighted by Gasteiger charge is 2.24. The summed E-state index contributed by atoms with van der Waals surface area (Å²) in [4.78, 5) is 25.5. The first kappa shape index (κ1) is 12.4. The second kappa shape index (κ2) is 5.04. The summed E-state index contributed by atoms with van der Waals surface area (Å²) < 4.78 is 0. The van der Waals surface area contributed by atoms with Gasteiger partial charge in [0.2, 0.25) is 5.91 Å². The molecule has 0 saturated carbocycles. The predicted molar refractivity (Wildman–Crippen MR) is 70.6 cm³/mol. The van der Waals surface area contributed by atoms with Crippen LogP contribution < -0.4 is 10.2 Å². The van der Waals surface area contributed by atoms with Crippen LogP contribution in [0.3, 0.4) is 0 Å². The molecule has 4 nitrogen and oxygen atoms in total. The van der Waals surface area contributed by atoms with Crippen LogP contribution in [0.5, 0.6) is 0 Å². The van der Waals surface area contributed by atoms with Gasteiger partial charge in [-0.3, -0.25) is 9.59 Å². The summed E-state index contributed by atoms with van der Waals surface area (Å²) in [5.74, 6) is -0.288. The summed E-state index contributed by atoms with van der Waals surface area (Å²) in [6, 6.07) is 7.17. The molecule has 1 aliphatic rings. The predicted octanol–water partition coefficient (Wildman–Crippen LogP) is 1.73. The number of hydrogen-bond acceptors (Lipinski definition) is 2. The van der Waals surface area contributed by atoms with Crippen LogP contribution in [0.4, 0.5) is 5.69 Å². The number of carbonyl (C=O) groups excluding carboxylic acids is 2. The van der Waals surface area contributed by atoms with Crippen LogP contribution in [-0.4, -0.2) is 24.9 Å². The lowest BCUT2D eigenvalue weighted by molar-refractivity contribution is -0.117. The molecular weight excluding hydrogens is 228 g/mol. The van der Waals surface area contributed by atoms with Gasteiger partial charge >= 0.3 is 0 Å². The van der Waals surface area contributed by atoms with Crippen molar-refractivity contribution in [1.29, 1.82) is 0 Å². The van der Waals surface area contributed by atoms with Crippen LogP contribution in [-0.2, 0) is 4.79 Å². The SMILES string of the molecule is CC(C)=CCN1C(=O)CNC(=O)c2ccccc21. The number of hydrogen-bond donors (Lipinski definition) is 1. The van der Waals surface area contributed by atoms with Gasteiger partial charge in [0.25, 0.3) is 5.91 Å². The zero-order chi connectivity index (χ0) is 13.1. The summed E-state index contributed by atoms with van der Waals surface area (Å²) in [7, 11) is 0. The average molecular weight is 244 g/mol. The molecule has 0 radical (unpaired) electrons. The fourth-order valence-corrected chi connectivity index (χ4v) is 1.86. The fraction of sp³-hybridized carbons (Fsp3) is 0.286. The molecule has 0 aromatic heterocycles. The lowest BCUT2D eigenvalue weighted by Crippen LogP contribution is -2.36. The van der Waals surface area contributed by atoms with Gasteiger partial charge in [-0.05, 0) is 26.0 Å². The number of benzene rings is 1. The third-order valence-electron chi connectivity index (χ3n) is 2.82. The van der Waals surface area contributed by atoms with Crippen LogP contribution in [0.2, 0.25) is 0 Å². The molecule has 1 aliphatic heterocycles. The first-order valence-corrected chi connectivity index (χ1v) is 5.90. The largest absolute Gasteiger partial charge is 0.343 e. The van der Waals surface area contributed by atoms with Crippen LogP contribution in [0, 0.1) is 0 Å². The van der Waals surface area contributed by atoms with Gasteiger partial charge in [0.05, 0.1) is 17.8 Å². The lowest BCUT2D eigenvalue weighted by Gasteiger charge is -2.20. The molecule has 94 valence electrons. The Balaban J connectivity index is 2.43. The van der Waals surface area contributed by atoms with E-state index in [2.05, 4.69) is 5.32 Å². The molecule has 0 spiro atoms. The van der Waals surface area contributed by atoms with E-state index < -0.39 is 0 Å². The van der Waals surface area contributed by atoms with E-state index in [1.165, 1.54) is 0 Å². The van der Waals surface area contributed by atoms with E-state index in [1.54, 1.807) is 23.1 Å². The Bertz CT molecular complexity index is 516. The standard InChI is InChI=1S/C14H16N2O2/c1-10(2)7-8-16-12-6-4-3-5-11(12)14(18)15-9-13(16)17/h3-7H,8-9H2,1-2H3,(H,15,18). The minimum atomic E-state index is -0.196. The molecule has 1 N–H and O–H groups in total. The lowest BCUT2D eigenvalue weighted by atomic mass is 10.1. The molecule has 1 heterocycles. The van der Waals surface area contributed by atoms with E-state index in [0.717, 1.165) is 5.57 Å². The molecule has 2 rings (SSSR count). The van der Waals surface area contributed by atoms with Gasteiger partial charge in [0.1, 0.15) is 0 Å². The number of nitrogens with zero attached hydrogens (tertiary/aromatic N) is 1. The topological polar surface area (TPSA) is 49.4 Å². The van der Waals surface area contributed by atoms with Crippen molar-refractivity contribution in [2.24, 2.45) is 0 Å². The van der Waals surface area contributed by atoms with Crippen molar-refractivity contribution in [3.63, 3.8) is 0 Å². The number of anilines is 1. The molecule has 0 saturated heterocycles. The molecule has 2 amide bonds. The van der Waals surface area contributed by atoms with E-state index in [9.17, 15) is 9.59 Å². The Morgan fingerprint density at radius 3 is 2.78 bits per heavy atom. The summed E-state index contributed by atoms with van der Waals surface area (Å²) in [6.45, 7) is 4.51. The third-order valence-corrected chi connectivity index (χ3v) is 2.82. The second-order valence-corrected chi connectivity index (χ2v) is 4.49. The van der Waals surface area contributed by atoms with E-state index in [4.69, 9.17) is 0 Å². The summed E-state index contributed by atoms with van der Waals surface area (Å²) in [6.07, 6.45) is 1.98. The normalized spacial score (nSPS) is 14.7. The molecule has 1 aromatic rings. The van der Waals surface area contributed by atoms with Crippen molar-refractivity contribution in [2.75, 3.05) is 18.0 Å². The third kappa shape index (κ3) is 2.42. The van der Waals surface area contributed by atoms with Gasteiger partial charge in [-0.1, -0.05) is 23.8 Å². The van der Waals surface area contributed by atoms with Crippen molar-refractivity contribution in [3.05, 3.63) is 41.5 Å². The van der Waals surface area contributed by atoms with E-state index in [0.29, 0.717) is 17.8 Å². The van der Waals surface area contributed by atoms with Gasteiger partial charge in [0.15, 0.2) is 0 Å². The van der Waals surface area contributed by atoms with Crippen molar-refractivity contribution < 1.29 is 9.59 Å². The molecule has 0 bridgehead atoms. The fourth-order valence-electron chi connectivity index (χ4n) is 1.86. The van der Waals surface area contributed by atoms with Crippen molar-refractivity contribution in [3.8, 4) is 0 Å². The molecule has 0 aliphatic carbocycles. The highest BCUT2D eigenvalue weighted by molar-refractivity contribution is 6.09. The van der Waals surface area contributed by atoms with E-state index in [1.807, 2.05) is 26.0 Å². The maximum Gasteiger partial charge on any atom is 0.253 e. The number of amides is 2. The molecule has 1 aromatic carbocycles. The van der Waals surface area contributed by atoms with Gasteiger partial charge in [-0.2, -0.15) is 0 Å². The number of rotatable bonds is 2. The Morgan fingerprint density at radius 2 is 2.06 bits per heavy atom. The molecular formula is C14H16N2O2. The zero-order valence-electron chi connectivity index (χ0n) is 10.6. The molecule has 18 heavy (non-hydrogen) atoms. The van der Waals surface area contributed by atoms with Gasteiger partial charge < -0.3 is 10.2 Å². The minimum Gasteiger partial charge on any atom is -0.343 e. The zero-order valence-corrected chi connectivity index (χ0v) is 10.6. The smallest absolute Gasteiger partial charge is 0.253 e. The highest BCUT2D eigenvalue weighted by atomic mass is 16.2. The minimum absolute atomic E-state index is 0.0457. The van der Waals surface area contributed by atoms with Crippen LogP contribution >= 0.6 is 0 Å². The van der Waals surface area contributed by atoms with Gasteiger partial charge in [-0.25, -0.2) is 0 Å². The Morgan fingerprint density at radius 1 is 1.33 bits per heavy atom. The molecule has 0 unspecified atom stereocenters. The summed E-state index contributed by atoms with van der Waals surface area (Å²) >= 11 is 0. The number of carbonyl (C=O) groups is 2.